The average Bonchev–Trinajstić information content (AvgIpc) is 2.28. The van der Waals surface area contributed by atoms with Gasteiger partial charge in [0.1, 0.15) is 4.90 Å². The molecule has 0 unspecified atom stereocenters. The molecule has 0 heterocycles. The number of rotatable bonds is 5. The molecule has 0 radical (unpaired) electrons. The third-order valence-corrected chi connectivity index (χ3v) is 3.23. The van der Waals surface area contributed by atoms with Gasteiger partial charge >= 0.3 is 35.5 Å². The van der Waals surface area contributed by atoms with E-state index in [9.17, 15) is 13.2 Å². The Balaban J connectivity index is 0. The molecule has 0 aliphatic rings. The summed E-state index contributed by atoms with van der Waals surface area (Å²) in [5.74, 6) is -1.22. The molecule has 7 heteroatoms. The molecule has 0 fully saturated rings. The number of carboxylic acid groups (broad SMARTS) is 1. The first-order valence-electron chi connectivity index (χ1n) is 5.38. The van der Waals surface area contributed by atoms with E-state index in [0.717, 1.165) is 6.42 Å². The van der Waals surface area contributed by atoms with Gasteiger partial charge in [-0.3, -0.25) is 4.55 Å². The van der Waals surface area contributed by atoms with Crippen molar-refractivity contribution in [2.75, 3.05) is 0 Å². The number of aliphatic carboxylic acids is 1. The van der Waals surface area contributed by atoms with Crippen molar-refractivity contribution in [3.8, 4) is 0 Å². The minimum Gasteiger partial charge on any atom is -1.00 e. The van der Waals surface area contributed by atoms with Crippen LogP contribution in [0, 0.1) is 0 Å². The van der Waals surface area contributed by atoms with Crippen molar-refractivity contribution in [1.82, 2.24) is 0 Å². The van der Waals surface area contributed by atoms with Crippen LogP contribution < -0.4 is 29.6 Å². The van der Waals surface area contributed by atoms with E-state index in [1.165, 1.54) is 30.3 Å². The molecule has 0 bridgehead atoms. The Kier molecular flexibility index (Phi) is 7.54. The predicted molar refractivity (Wildman–Crippen MR) is 67.9 cm³/mol. The van der Waals surface area contributed by atoms with Crippen LogP contribution in [0.1, 0.15) is 26.8 Å². The van der Waals surface area contributed by atoms with Crippen molar-refractivity contribution in [3.63, 3.8) is 0 Å². The van der Waals surface area contributed by atoms with Gasteiger partial charge in [-0.05, 0) is 12.5 Å². The molecule has 0 aliphatic carbocycles. The van der Waals surface area contributed by atoms with Crippen LogP contribution in [0.5, 0.6) is 0 Å². The van der Waals surface area contributed by atoms with E-state index in [1.807, 2.05) is 6.92 Å². The third-order valence-electron chi connectivity index (χ3n) is 2.32. The molecule has 1 aromatic carbocycles. The van der Waals surface area contributed by atoms with Gasteiger partial charge in [-0.2, -0.15) is 8.42 Å². The summed E-state index contributed by atoms with van der Waals surface area (Å²) in [7, 11) is -4.44. The summed E-state index contributed by atoms with van der Waals surface area (Å²) in [5.41, 5.74) is -0.119. The molecule has 1 rings (SSSR count). The zero-order valence-corrected chi connectivity index (χ0v) is 13.6. The molecular formula is C12H15NaO5S. The molecule has 19 heavy (non-hydrogen) atoms. The van der Waals surface area contributed by atoms with E-state index in [-0.39, 0.29) is 42.1 Å². The quantitative estimate of drug-likeness (QED) is 0.426. The maximum atomic E-state index is 11.2. The summed E-state index contributed by atoms with van der Waals surface area (Å²) in [6, 6.07) is 5.48. The Morgan fingerprint density at radius 1 is 1.37 bits per heavy atom. The Bertz CT molecular complexity index is 583. The monoisotopic (exact) mass is 294 g/mol. The first kappa shape index (κ1) is 18.3. The molecule has 0 aromatic heterocycles. The summed E-state index contributed by atoms with van der Waals surface area (Å²) < 4.78 is 31.5. The minimum absolute atomic E-state index is 0. The molecule has 0 saturated heterocycles. The van der Waals surface area contributed by atoms with E-state index in [0.29, 0.717) is 6.42 Å². The van der Waals surface area contributed by atoms with Gasteiger partial charge in [0.2, 0.25) is 0 Å². The first-order valence-corrected chi connectivity index (χ1v) is 6.82. The second-order valence-corrected chi connectivity index (χ2v) is 5.07. The second kappa shape index (κ2) is 7.81. The number of carbonyl (C=O) groups is 1. The van der Waals surface area contributed by atoms with Crippen molar-refractivity contribution in [1.29, 1.82) is 0 Å². The van der Waals surface area contributed by atoms with Crippen molar-refractivity contribution < 1.29 is 53.9 Å². The third kappa shape index (κ3) is 5.08. The van der Waals surface area contributed by atoms with Gasteiger partial charge in [-0.25, -0.2) is 4.79 Å². The second-order valence-electron chi connectivity index (χ2n) is 3.68. The van der Waals surface area contributed by atoms with Gasteiger partial charge in [-0.15, -0.1) is 0 Å². The topological polar surface area (TPSA) is 91.7 Å². The van der Waals surface area contributed by atoms with Crippen molar-refractivity contribution in [2.45, 2.75) is 24.7 Å². The van der Waals surface area contributed by atoms with Crippen LogP contribution in [0.25, 0.3) is 5.57 Å². The summed E-state index contributed by atoms with van der Waals surface area (Å²) in [6.45, 7) is 1.88. The van der Waals surface area contributed by atoms with Gasteiger partial charge in [-0.1, -0.05) is 37.6 Å². The zero-order valence-electron chi connectivity index (χ0n) is 11.8. The number of benzene rings is 1. The van der Waals surface area contributed by atoms with Crippen LogP contribution in [-0.2, 0) is 14.9 Å². The normalized spacial score (nSPS) is 11.8. The van der Waals surface area contributed by atoms with E-state index in [2.05, 4.69) is 0 Å². The van der Waals surface area contributed by atoms with Crippen molar-refractivity contribution in [2.24, 2.45) is 0 Å². The molecule has 0 atom stereocenters. The predicted octanol–water partition coefficient (Wildman–Crippen LogP) is -0.682. The van der Waals surface area contributed by atoms with Crippen LogP contribution in [0.15, 0.2) is 35.2 Å². The van der Waals surface area contributed by atoms with Crippen LogP contribution in [0.4, 0.5) is 0 Å². The van der Waals surface area contributed by atoms with Crippen LogP contribution in [-0.4, -0.2) is 24.0 Å². The summed E-state index contributed by atoms with van der Waals surface area (Å²) in [5, 5.41) is 9.10. The summed E-state index contributed by atoms with van der Waals surface area (Å²) in [4.78, 5) is 10.7. The summed E-state index contributed by atoms with van der Waals surface area (Å²) in [6.07, 6.45) is 2.71. The molecule has 0 amide bonds. The maximum absolute atomic E-state index is 11.2. The number of carboxylic acids is 1. The first-order chi connectivity index (χ1) is 8.38. The van der Waals surface area contributed by atoms with E-state index >= 15 is 0 Å². The average molecular weight is 294 g/mol. The van der Waals surface area contributed by atoms with Crippen LogP contribution in [0.3, 0.4) is 0 Å². The molecule has 5 nitrogen and oxygen atoms in total. The van der Waals surface area contributed by atoms with Crippen molar-refractivity contribution >= 4 is 21.7 Å². The van der Waals surface area contributed by atoms with Crippen molar-refractivity contribution in [3.05, 3.63) is 35.9 Å². The molecule has 0 aliphatic heterocycles. The molecule has 0 saturated carbocycles. The maximum Gasteiger partial charge on any atom is 1.00 e. The Morgan fingerprint density at radius 3 is 2.42 bits per heavy atom. The van der Waals surface area contributed by atoms with E-state index in [1.54, 1.807) is 0 Å². The molecule has 100 valence electrons. The fraction of sp³-hybridized carbons (Fsp3) is 0.250. The standard InChI is InChI=1S/C12H14O5S.Na.H/c1-2-3-6-10(12(13)14)9-7-4-5-8-11(9)18(15,16)17;;/h4-8H,2-3H2,1H3,(H,13,14)(H,15,16,17);;/q;+1;-1. The van der Waals surface area contributed by atoms with Crippen LogP contribution >= 0.6 is 0 Å². The number of hydrogen-bond acceptors (Lipinski definition) is 3. The molecule has 2 N–H and O–H groups in total. The van der Waals surface area contributed by atoms with Gasteiger partial charge in [0.25, 0.3) is 10.1 Å². The fourth-order valence-corrected chi connectivity index (χ4v) is 2.22. The number of unbranched alkanes of at least 4 members (excludes halogenated alkanes) is 1. The van der Waals surface area contributed by atoms with Gasteiger partial charge in [0.05, 0.1) is 5.57 Å². The van der Waals surface area contributed by atoms with Crippen LogP contribution in [0.2, 0.25) is 0 Å². The molecular weight excluding hydrogens is 279 g/mol. The SMILES string of the molecule is CCCC=C(C(=O)O)c1ccccc1S(=O)(=O)O.[H-].[Na+]. The van der Waals surface area contributed by atoms with Gasteiger partial charge < -0.3 is 6.53 Å². The Labute approximate surface area is 135 Å². The van der Waals surface area contributed by atoms with Gasteiger partial charge in [0, 0.05) is 5.56 Å². The Morgan fingerprint density at radius 2 is 1.95 bits per heavy atom. The molecule has 0 spiro atoms. The van der Waals surface area contributed by atoms with E-state index < -0.39 is 21.0 Å². The fourth-order valence-electron chi connectivity index (χ4n) is 1.52. The van der Waals surface area contributed by atoms with Gasteiger partial charge in [0.15, 0.2) is 0 Å². The van der Waals surface area contributed by atoms with E-state index in [4.69, 9.17) is 9.66 Å². The number of hydrogen-bond donors (Lipinski definition) is 2. The smallest absolute Gasteiger partial charge is 1.00 e. The minimum atomic E-state index is -4.44. The zero-order chi connectivity index (χ0) is 13.8. The Hall–Kier alpha value is -0.660. The largest absolute Gasteiger partial charge is 1.00 e. The molecule has 1 aromatic rings. The number of allylic oxidation sites excluding steroid dienone is 1. The summed E-state index contributed by atoms with van der Waals surface area (Å²) >= 11 is 0.